The summed E-state index contributed by atoms with van der Waals surface area (Å²) < 4.78 is 40.9. The van der Waals surface area contributed by atoms with Crippen LogP contribution >= 0.6 is 11.6 Å². The average Bonchev–Trinajstić information content (AvgIpc) is 3.01. The summed E-state index contributed by atoms with van der Waals surface area (Å²) in [4.78, 5) is 30.5. The third-order valence-electron chi connectivity index (χ3n) is 4.39. The molecule has 4 rings (SSSR count). The second-order valence-corrected chi connectivity index (χ2v) is 6.47. The van der Waals surface area contributed by atoms with Crippen LogP contribution in [0.15, 0.2) is 24.4 Å². The lowest BCUT2D eigenvalue weighted by molar-refractivity contribution is -0.137. The van der Waals surface area contributed by atoms with E-state index in [1.165, 1.54) is 16.9 Å². The number of amides is 2. The Balaban J connectivity index is 1.91. The van der Waals surface area contributed by atoms with Crippen molar-refractivity contribution in [2.45, 2.75) is 13.1 Å². The van der Waals surface area contributed by atoms with Crippen molar-refractivity contribution in [2.75, 3.05) is 4.90 Å². The Labute approximate surface area is 155 Å². The van der Waals surface area contributed by atoms with Crippen molar-refractivity contribution in [3.63, 3.8) is 0 Å². The van der Waals surface area contributed by atoms with E-state index >= 15 is 0 Å². The fourth-order valence-electron chi connectivity index (χ4n) is 3.22. The molecule has 27 heavy (non-hydrogen) atoms. The molecular weight excluding hydrogens is 385 g/mol. The molecule has 0 fully saturated rings. The van der Waals surface area contributed by atoms with Crippen molar-refractivity contribution >= 4 is 40.1 Å². The molecule has 0 unspecified atom stereocenters. The number of fused-ring (bicyclic) bond motifs is 3. The summed E-state index contributed by atoms with van der Waals surface area (Å²) in [6, 6.07) is 2.89. The number of carbonyl (C=O) groups excluding carboxylic acids is 2. The van der Waals surface area contributed by atoms with Crippen molar-refractivity contribution in [3.8, 4) is 0 Å². The first-order chi connectivity index (χ1) is 12.6. The van der Waals surface area contributed by atoms with Crippen LogP contribution in [0.3, 0.4) is 0 Å². The molecule has 1 aliphatic heterocycles. The molecular formula is C17H10ClF3N4O2. The molecule has 0 saturated carbocycles. The van der Waals surface area contributed by atoms with E-state index in [-0.39, 0.29) is 16.8 Å². The maximum absolute atomic E-state index is 13.1. The minimum Gasteiger partial charge on any atom is -0.268 e. The van der Waals surface area contributed by atoms with Gasteiger partial charge in [-0.3, -0.25) is 14.3 Å². The Morgan fingerprint density at radius 1 is 1.15 bits per heavy atom. The largest absolute Gasteiger partial charge is 0.417 e. The summed E-state index contributed by atoms with van der Waals surface area (Å²) in [5, 5.41) is 4.07. The fourth-order valence-corrected chi connectivity index (χ4v) is 3.45. The van der Waals surface area contributed by atoms with Crippen molar-refractivity contribution in [2.24, 2.45) is 7.05 Å². The number of rotatable bonds is 1. The zero-order valence-electron chi connectivity index (χ0n) is 13.9. The first kappa shape index (κ1) is 17.5. The molecule has 0 radical (unpaired) electrons. The van der Waals surface area contributed by atoms with Gasteiger partial charge in [0, 0.05) is 13.2 Å². The second kappa shape index (κ2) is 5.53. The number of halogens is 4. The van der Waals surface area contributed by atoms with E-state index in [0.717, 1.165) is 6.07 Å². The fraction of sp³-hybridized carbons (Fsp3) is 0.176. The van der Waals surface area contributed by atoms with Crippen LogP contribution in [0.1, 0.15) is 32.0 Å². The SMILES string of the molecule is Cc1nn(C)c2ncc3c(c12)C(=O)N(c1ccc(Cl)c(C(F)(F)F)c1)C3=O. The van der Waals surface area contributed by atoms with Crippen molar-refractivity contribution in [3.05, 3.63) is 51.8 Å². The predicted molar refractivity (Wildman–Crippen MR) is 90.8 cm³/mol. The topological polar surface area (TPSA) is 68.1 Å². The number of hydrogen-bond donors (Lipinski definition) is 0. The first-order valence-electron chi connectivity index (χ1n) is 7.69. The van der Waals surface area contributed by atoms with Gasteiger partial charge in [0.25, 0.3) is 11.8 Å². The van der Waals surface area contributed by atoms with Crippen LogP contribution in [-0.2, 0) is 13.2 Å². The zero-order chi connectivity index (χ0) is 19.7. The molecule has 3 aromatic rings. The van der Waals surface area contributed by atoms with Crippen molar-refractivity contribution in [1.29, 1.82) is 0 Å². The number of aromatic nitrogens is 3. The van der Waals surface area contributed by atoms with Crippen molar-refractivity contribution in [1.82, 2.24) is 14.8 Å². The van der Waals surface area contributed by atoms with Gasteiger partial charge < -0.3 is 0 Å². The maximum atomic E-state index is 13.1. The third-order valence-corrected chi connectivity index (χ3v) is 4.72. The maximum Gasteiger partial charge on any atom is 0.417 e. The average molecular weight is 395 g/mol. The van der Waals surface area contributed by atoms with E-state index in [1.807, 2.05) is 0 Å². The molecule has 0 spiro atoms. The first-order valence-corrected chi connectivity index (χ1v) is 8.07. The Morgan fingerprint density at radius 3 is 2.52 bits per heavy atom. The number of pyridine rings is 1. The summed E-state index contributed by atoms with van der Waals surface area (Å²) in [6.45, 7) is 1.66. The number of hydrogen-bond acceptors (Lipinski definition) is 4. The van der Waals surface area contributed by atoms with Crippen LogP contribution in [0, 0.1) is 6.92 Å². The van der Waals surface area contributed by atoms with E-state index in [1.54, 1.807) is 14.0 Å². The van der Waals surface area contributed by atoms with Crippen LogP contribution < -0.4 is 4.90 Å². The molecule has 1 aromatic carbocycles. The molecule has 0 atom stereocenters. The molecule has 2 aromatic heterocycles. The molecule has 1 aliphatic rings. The van der Waals surface area contributed by atoms with Gasteiger partial charge in [0.05, 0.1) is 38.5 Å². The highest BCUT2D eigenvalue weighted by Crippen LogP contribution is 2.39. The quantitative estimate of drug-likeness (QED) is 0.589. The monoisotopic (exact) mass is 394 g/mol. The molecule has 0 N–H and O–H groups in total. The number of aryl methyl sites for hydroxylation is 2. The number of carbonyl (C=O) groups is 2. The Morgan fingerprint density at radius 2 is 1.85 bits per heavy atom. The lowest BCUT2D eigenvalue weighted by atomic mass is 10.1. The van der Waals surface area contributed by atoms with Gasteiger partial charge in [0.15, 0.2) is 5.65 Å². The van der Waals surface area contributed by atoms with Crippen LogP contribution in [-0.4, -0.2) is 26.6 Å². The molecule has 138 valence electrons. The van der Waals surface area contributed by atoms with Gasteiger partial charge in [-0.05, 0) is 25.1 Å². The molecule has 0 bridgehead atoms. The highest BCUT2D eigenvalue weighted by Gasteiger charge is 2.41. The minimum atomic E-state index is -4.72. The smallest absolute Gasteiger partial charge is 0.268 e. The molecule has 2 amide bonds. The van der Waals surface area contributed by atoms with Gasteiger partial charge in [-0.25, -0.2) is 9.88 Å². The van der Waals surface area contributed by atoms with E-state index in [4.69, 9.17) is 11.6 Å². The van der Waals surface area contributed by atoms with Gasteiger partial charge in [-0.15, -0.1) is 0 Å². The number of nitrogens with zero attached hydrogens (tertiary/aromatic N) is 4. The summed E-state index contributed by atoms with van der Waals surface area (Å²) in [5.74, 6) is -1.47. The van der Waals surface area contributed by atoms with Crippen LogP contribution in [0.25, 0.3) is 11.0 Å². The number of alkyl halides is 3. The normalized spacial score (nSPS) is 14.4. The highest BCUT2D eigenvalue weighted by atomic mass is 35.5. The third kappa shape index (κ3) is 2.42. The van der Waals surface area contributed by atoms with Gasteiger partial charge in [-0.2, -0.15) is 18.3 Å². The second-order valence-electron chi connectivity index (χ2n) is 6.06. The van der Waals surface area contributed by atoms with Gasteiger partial charge >= 0.3 is 6.18 Å². The number of imide groups is 1. The molecule has 0 saturated heterocycles. The Kier molecular flexibility index (Phi) is 3.58. The minimum absolute atomic E-state index is 0.0205. The number of anilines is 1. The highest BCUT2D eigenvalue weighted by molar-refractivity contribution is 6.37. The summed E-state index contributed by atoms with van der Waals surface area (Å²) in [6.07, 6.45) is -3.49. The summed E-state index contributed by atoms with van der Waals surface area (Å²) >= 11 is 5.62. The van der Waals surface area contributed by atoms with Crippen molar-refractivity contribution < 1.29 is 22.8 Å². The van der Waals surface area contributed by atoms with Crippen LogP contribution in [0.2, 0.25) is 5.02 Å². The predicted octanol–water partition coefficient (Wildman–Crippen LogP) is 3.75. The van der Waals surface area contributed by atoms with E-state index in [0.29, 0.717) is 27.7 Å². The van der Waals surface area contributed by atoms with Crippen LogP contribution in [0.5, 0.6) is 0 Å². The summed E-state index contributed by atoms with van der Waals surface area (Å²) in [5.41, 5.74) is -0.342. The standard InChI is InChI=1S/C17H10ClF3N4O2/c1-7-12-13-9(6-22-14(12)24(2)23-7)15(26)25(16(13)27)8-3-4-11(18)10(5-8)17(19,20)21/h3-6H,1-2H3. The van der Waals surface area contributed by atoms with Gasteiger partial charge in [-0.1, -0.05) is 11.6 Å². The van der Waals surface area contributed by atoms with E-state index in [9.17, 15) is 22.8 Å². The lowest BCUT2D eigenvalue weighted by Crippen LogP contribution is -2.29. The molecule has 6 nitrogen and oxygen atoms in total. The Hall–Kier alpha value is -2.94. The van der Waals surface area contributed by atoms with Gasteiger partial charge in [0.2, 0.25) is 0 Å². The summed E-state index contributed by atoms with van der Waals surface area (Å²) in [7, 11) is 1.64. The van der Waals surface area contributed by atoms with Crippen LogP contribution in [0.4, 0.5) is 18.9 Å². The zero-order valence-corrected chi connectivity index (χ0v) is 14.7. The molecule has 0 aliphatic carbocycles. The van der Waals surface area contributed by atoms with E-state index < -0.39 is 28.6 Å². The number of benzene rings is 1. The lowest BCUT2D eigenvalue weighted by Gasteiger charge is -2.17. The van der Waals surface area contributed by atoms with Gasteiger partial charge in [0.1, 0.15) is 0 Å². The molecule has 3 heterocycles. The van der Waals surface area contributed by atoms with E-state index in [2.05, 4.69) is 10.1 Å². The Bertz CT molecular complexity index is 1150. The molecule has 10 heteroatoms.